The highest BCUT2D eigenvalue weighted by Crippen LogP contribution is 2.28. The maximum absolute atomic E-state index is 4.83. The fourth-order valence-corrected chi connectivity index (χ4v) is 5.54. The van der Waals surface area contributed by atoms with Crippen molar-refractivity contribution in [3.63, 3.8) is 0 Å². The molecule has 1 saturated carbocycles. The Bertz CT molecular complexity index is 1180. The molecule has 6 heteroatoms. The minimum absolute atomic E-state index is 0.390. The summed E-state index contributed by atoms with van der Waals surface area (Å²) in [4.78, 5) is 11.7. The Balaban J connectivity index is 1.26. The van der Waals surface area contributed by atoms with E-state index in [4.69, 9.17) is 9.97 Å². The van der Waals surface area contributed by atoms with Gasteiger partial charge in [-0.15, -0.1) is 11.3 Å². The van der Waals surface area contributed by atoms with Crippen LogP contribution in [-0.2, 0) is 6.54 Å². The van der Waals surface area contributed by atoms with Crippen LogP contribution in [-0.4, -0.2) is 36.1 Å². The maximum Gasteiger partial charge on any atom is 0.225 e. The predicted molar refractivity (Wildman–Crippen MR) is 132 cm³/mol. The number of fused-ring (bicyclic) bond motifs is 2. The molecule has 2 aromatic heterocycles. The largest absolute Gasteiger partial charge is 0.362 e. The molecule has 2 N–H and O–H groups in total. The molecule has 1 fully saturated rings. The number of nitrogens with one attached hydrogen (secondary N) is 2. The predicted octanol–water partition coefficient (Wildman–Crippen LogP) is 5.42. The molecule has 1 aliphatic rings. The Hall–Kier alpha value is -2.70. The number of hydrogen-bond acceptors (Lipinski definition) is 6. The zero-order valence-electron chi connectivity index (χ0n) is 18.1. The smallest absolute Gasteiger partial charge is 0.225 e. The highest BCUT2D eigenvalue weighted by Gasteiger charge is 2.23. The van der Waals surface area contributed by atoms with Crippen LogP contribution in [0.15, 0.2) is 53.9 Å². The summed E-state index contributed by atoms with van der Waals surface area (Å²) in [5, 5.41) is 12.2. The molecule has 0 spiro atoms. The summed E-state index contributed by atoms with van der Waals surface area (Å²) in [6.07, 6.45) is 4.69. The third-order valence-corrected chi connectivity index (χ3v) is 7.17. The number of thiophene rings is 1. The van der Waals surface area contributed by atoms with Gasteiger partial charge in [0, 0.05) is 42.8 Å². The Morgan fingerprint density at radius 3 is 2.61 bits per heavy atom. The molecule has 31 heavy (non-hydrogen) atoms. The van der Waals surface area contributed by atoms with Crippen LogP contribution in [0.5, 0.6) is 0 Å². The molecule has 0 aliphatic heterocycles. The van der Waals surface area contributed by atoms with Crippen LogP contribution in [0.1, 0.15) is 31.2 Å². The number of hydrogen-bond donors (Lipinski definition) is 2. The van der Waals surface area contributed by atoms with E-state index in [1.807, 2.05) is 37.6 Å². The second-order valence-corrected chi connectivity index (χ2v) is 9.54. The average Bonchev–Trinajstić information content (AvgIpc) is 3.20. The first-order valence-electron chi connectivity index (χ1n) is 11.1. The van der Waals surface area contributed by atoms with E-state index >= 15 is 0 Å². The Labute approximate surface area is 187 Å². The second-order valence-electron chi connectivity index (χ2n) is 8.63. The topological polar surface area (TPSA) is 53.1 Å². The summed E-state index contributed by atoms with van der Waals surface area (Å²) >= 11 is 1.83. The third kappa shape index (κ3) is 4.36. The first-order valence-corrected chi connectivity index (χ1v) is 11.9. The minimum Gasteiger partial charge on any atom is -0.362 e. The molecule has 2 atom stereocenters. The lowest BCUT2D eigenvalue weighted by Crippen LogP contribution is -2.38. The molecular weight excluding hydrogens is 402 g/mol. The summed E-state index contributed by atoms with van der Waals surface area (Å²) in [7, 11) is 4.07. The van der Waals surface area contributed by atoms with E-state index in [9.17, 15) is 0 Å². The van der Waals surface area contributed by atoms with Crippen LogP contribution < -0.4 is 15.5 Å². The van der Waals surface area contributed by atoms with Crippen LogP contribution in [0.25, 0.3) is 21.0 Å². The van der Waals surface area contributed by atoms with Gasteiger partial charge in [-0.3, -0.25) is 0 Å². The number of para-hydroxylation sites is 1. The van der Waals surface area contributed by atoms with Gasteiger partial charge in [-0.1, -0.05) is 30.3 Å². The Morgan fingerprint density at radius 1 is 0.968 bits per heavy atom. The lowest BCUT2D eigenvalue weighted by atomic mass is 9.91. The van der Waals surface area contributed by atoms with Crippen molar-refractivity contribution in [1.29, 1.82) is 0 Å². The van der Waals surface area contributed by atoms with Gasteiger partial charge in [0.25, 0.3) is 0 Å². The summed E-state index contributed by atoms with van der Waals surface area (Å²) in [6, 6.07) is 17.8. The lowest BCUT2D eigenvalue weighted by molar-refractivity contribution is 0.350. The summed E-state index contributed by atoms with van der Waals surface area (Å²) in [5.74, 6) is 1.69. The standard InChI is InChI=1S/C25H29N5S/c1-30(2)24-21-11-3-5-12-22(21)28-25(29-24)27-19-9-7-8-18(14-19)26-15-17-16-31-23-13-6-4-10-20(17)23/h3-6,10-13,16,18-19,26H,7-9,14-15H2,1-2H3,(H,27,28,29). The molecule has 2 heterocycles. The molecular formula is C25H29N5S. The molecule has 2 aromatic carbocycles. The monoisotopic (exact) mass is 431 g/mol. The van der Waals surface area contributed by atoms with Gasteiger partial charge in [-0.25, -0.2) is 4.98 Å². The zero-order chi connectivity index (χ0) is 21.2. The van der Waals surface area contributed by atoms with Crippen LogP contribution in [0.3, 0.4) is 0 Å². The van der Waals surface area contributed by atoms with E-state index in [2.05, 4.69) is 57.3 Å². The van der Waals surface area contributed by atoms with E-state index in [-0.39, 0.29) is 0 Å². The molecule has 160 valence electrons. The van der Waals surface area contributed by atoms with E-state index < -0.39 is 0 Å². The van der Waals surface area contributed by atoms with Gasteiger partial charge in [0.2, 0.25) is 5.95 Å². The van der Waals surface area contributed by atoms with Crippen LogP contribution >= 0.6 is 11.3 Å². The van der Waals surface area contributed by atoms with E-state index in [0.29, 0.717) is 12.1 Å². The van der Waals surface area contributed by atoms with Crippen molar-refractivity contribution < 1.29 is 0 Å². The molecule has 0 saturated heterocycles. The minimum atomic E-state index is 0.390. The molecule has 5 nitrogen and oxygen atoms in total. The number of rotatable bonds is 6. The van der Waals surface area contributed by atoms with Gasteiger partial charge >= 0.3 is 0 Å². The van der Waals surface area contributed by atoms with Crippen LogP contribution in [0.2, 0.25) is 0 Å². The zero-order valence-corrected chi connectivity index (χ0v) is 19.0. The third-order valence-electron chi connectivity index (χ3n) is 6.16. The van der Waals surface area contributed by atoms with Gasteiger partial charge in [0.1, 0.15) is 5.82 Å². The SMILES string of the molecule is CN(C)c1nc(NC2CCCC(NCc3csc4ccccc34)C2)nc2ccccc12. The Kier molecular flexibility index (Phi) is 5.74. The van der Waals surface area contributed by atoms with E-state index in [0.717, 1.165) is 42.1 Å². The fourth-order valence-electron chi connectivity index (χ4n) is 4.58. The number of anilines is 2. The van der Waals surface area contributed by atoms with Crippen molar-refractivity contribution in [1.82, 2.24) is 15.3 Å². The summed E-state index contributed by atoms with van der Waals surface area (Å²) in [6.45, 7) is 0.929. The van der Waals surface area contributed by atoms with Crippen molar-refractivity contribution in [2.75, 3.05) is 24.3 Å². The highest BCUT2D eigenvalue weighted by atomic mass is 32.1. The molecule has 0 radical (unpaired) electrons. The first-order chi connectivity index (χ1) is 15.2. The molecule has 0 bridgehead atoms. The summed E-state index contributed by atoms with van der Waals surface area (Å²) in [5.41, 5.74) is 2.39. The molecule has 0 amide bonds. The van der Waals surface area contributed by atoms with Gasteiger partial charge in [0.05, 0.1) is 5.52 Å². The quantitative estimate of drug-likeness (QED) is 0.427. The maximum atomic E-state index is 4.83. The molecule has 1 aliphatic carbocycles. The van der Waals surface area contributed by atoms with Crippen molar-refractivity contribution in [2.24, 2.45) is 0 Å². The van der Waals surface area contributed by atoms with Crippen LogP contribution in [0, 0.1) is 0 Å². The van der Waals surface area contributed by atoms with Crippen molar-refractivity contribution >= 4 is 44.1 Å². The van der Waals surface area contributed by atoms with E-state index in [1.165, 1.54) is 28.5 Å². The van der Waals surface area contributed by atoms with Gasteiger partial charge in [-0.2, -0.15) is 4.98 Å². The van der Waals surface area contributed by atoms with Crippen molar-refractivity contribution in [3.05, 3.63) is 59.5 Å². The first kappa shape index (κ1) is 20.2. The average molecular weight is 432 g/mol. The number of aromatic nitrogens is 2. The number of benzene rings is 2. The van der Waals surface area contributed by atoms with Crippen molar-refractivity contribution in [3.8, 4) is 0 Å². The molecule has 4 aromatic rings. The second kappa shape index (κ2) is 8.81. The number of nitrogens with zero attached hydrogens (tertiary/aromatic N) is 3. The Morgan fingerprint density at radius 2 is 1.74 bits per heavy atom. The lowest BCUT2D eigenvalue weighted by Gasteiger charge is -2.30. The van der Waals surface area contributed by atoms with Crippen LogP contribution in [0.4, 0.5) is 11.8 Å². The summed E-state index contributed by atoms with van der Waals surface area (Å²) < 4.78 is 1.37. The highest BCUT2D eigenvalue weighted by molar-refractivity contribution is 7.17. The van der Waals surface area contributed by atoms with E-state index in [1.54, 1.807) is 0 Å². The van der Waals surface area contributed by atoms with Crippen molar-refractivity contribution in [2.45, 2.75) is 44.3 Å². The van der Waals surface area contributed by atoms with Gasteiger partial charge in [0.15, 0.2) is 0 Å². The van der Waals surface area contributed by atoms with Gasteiger partial charge < -0.3 is 15.5 Å². The molecule has 2 unspecified atom stereocenters. The molecule has 5 rings (SSSR count). The fraction of sp³-hybridized carbons (Fsp3) is 0.360. The normalized spacial score (nSPS) is 19.0. The van der Waals surface area contributed by atoms with Gasteiger partial charge in [-0.05, 0) is 60.2 Å².